The fourth-order valence-corrected chi connectivity index (χ4v) is 6.18. The topological polar surface area (TPSA) is 120 Å². The summed E-state index contributed by atoms with van der Waals surface area (Å²) in [6.07, 6.45) is 6.91. The van der Waals surface area contributed by atoms with Crippen molar-refractivity contribution in [3.63, 3.8) is 0 Å². The number of fused-ring (bicyclic) bond motifs is 1. The van der Waals surface area contributed by atoms with Gasteiger partial charge in [0, 0.05) is 53.8 Å². The number of hydrogen-bond acceptors (Lipinski definition) is 10. The fraction of sp³-hybridized carbons (Fsp3) is 0.269. The molecule has 0 aliphatic rings. The van der Waals surface area contributed by atoms with Gasteiger partial charge in [0.15, 0.2) is 0 Å². The predicted molar refractivity (Wildman–Crippen MR) is 158 cm³/mol. The highest BCUT2D eigenvalue weighted by Crippen LogP contribution is 2.31. The number of hydrogen-bond donors (Lipinski definition) is 2. The first-order valence-corrected chi connectivity index (χ1v) is 13.5. The Labute approximate surface area is 230 Å². The SMILES string of the molecule is CC(C)N(C(=S)Sc1cnccc1N)C(C)C.COC(=O)c1cc(N)cc(-c2nc3ccncc3s2)c1. The largest absolute Gasteiger partial charge is 0.465 e. The number of esters is 1. The Balaban J connectivity index is 0.000000209. The molecule has 0 atom stereocenters. The lowest BCUT2D eigenvalue weighted by Crippen LogP contribution is -2.39. The Hall–Kier alpha value is -3.28. The maximum atomic E-state index is 11.6. The van der Waals surface area contributed by atoms with Gasteiger partial charge in [-0.2, -0.15) is 0 Å². The number of carbonyl (C=O) groups is 1. The van der Waals surface area contributed by atoms with Gasteiger partial charge >= 0.3 is 5.97 Å². The minimum absolute atomic E-state index is 0.382. The molecule has 0 aliphatic heterocycles. The number of benzene rings is 1. The number of methoxy groups -OCH3 is 1. The van der Waals surface area contributed by atoms with Crippen molar-refractivity contribution in [1.29, 1.82) is 0 Å². The molecule has 3 heterocycles. The van der Waals surface area contributed by atoms with Crippen LogP contribution >= 0.6 is 35.3 Å². The molecule has 0 unspecified atom stereocenters. The van der Waals surface area contributed by atoms with E-state index in [1.165, 1.54) is 30.2 Å². The highest BCUT2D eigenvalue weighted by molar-refractivity contribution is 8.23. The van der Waals surface area contributed by atoms with Gasteiger partial charge in [0.2, 0.25) is 0 Å². The molecule has 0 aliphatic carbocycles. The van der Waals surface area contributed by atoms with Gasteiger partial charge in [-0.3, -0.25) is 9.97 Å². The van der Waals surface area contributed by atoms with Gasteiger partial charge in [0.25, 0.3) is 0 Å². The smallest absolute Gasteiger partial charge is 0.337 e. The van der Waals surface area contributed by atoms with E-state index in [4.69, 9.17) is 28.4 Å². The van der Waals surface area contributed by atoms with E-state index in [2.05, 4.69) is 47.5 Å². The van der Waals surface area contributed by atoms with Crippen LogP contribution in [-0.2, 0) is 4.74 Å². The van der Waals surface area contributed by atoms with Crippen molar-refractivity contribution in [2.24, 2.45) is 0 Å². The molecule has 0 bridgehead atoms. The molecule has 0 spiro atoms. The van der Waals surface area contributed by atoms with Crippen molar-refractivity contribution in [3.8, 4) is 10.6 Å². The number of thiazole rings is 1. The Morgan fingerprint density at radius 2 is 1.73 bits per heavy atom. The molecule has 11 heteroatoms. The molecule has 4 rings (SSSR count). The Bertz CT molecular complexity index is 1350. The molecule has 8 nitrogen and oxygen atoms in total. The minimum atomic E-state index is -0.415. The van der Waals surface area contributed by atoms with E-state index in [0.717, 1.165) is 35.7 Å². The molecule has 4 aromatic rings. The fourth-order valence-electron chi connectivity index (χ4n) is 3.56. The minimum Gasteiger partial charge on any atom is -0.465 e. The molecule has 0 fully saturated rings. The van der Waals surface area contributed by atoms with E-state index in [1.54, 1.807) is 49.1 Å². The van der Waals surface area contributed by atoms with E-state index in [1.807, 2.05) is 6.07 Å². The lowest BCUT2D eigenvalue weighted by molar-refractivity contribution is 0.0601. The second kappa shape index (κ2) is 12.8. The van der Waals surface area contributed by atoms with Crippen LogP contribution in [0.4, 0.5) is 11.4 Å². The number of aromatic nitrogens is 3. The number of carbonyl (C=O) groups excluding carboxylic acids is 1. The summed E-state index contributed by atoms with van der Waals surface area (Å²) in [5.74, 6) is -0.415. The van der Waals surface area contributed by atoms with Crippen LogP contribution in [-0.4, -0.2) is 49.3 Å². The molecule has 3 aromatic heterocycles. The maximum Gasteiger partial charge on any atom is 0.337 e. The van der Waals surface area contributed by atoms with Crippen molar-refractivity contribution < 1.29 is 9.53 Å². The summed E-state index contributed by atoms with van der Waals surface area (Å²) in [4.78, 5) is 27.4. The van der Waals surface area contributed by atoms with Crippen LogP contribution in [0.3, 0.4) is 0 Å². The summed E-state index contributed by atoms with van der Waals surface area (Å²) in [6.45, 7) is 8.55. The van der Waals surface area contributed by atoms with E-state index >= 15 is 0 Å². The number of pyridine rings is 2. The summed E-state index contributed by atoms with van der Waals surface area (Å²) in [5, 5.41) is 0.797. The van der Waals surface area contributed by atoms with E-state index < -0.39 is 5.97 Å². The van der Waals surface area contributed by atoms with E-state index in [-0.39, 0.29) is 0 Å². The number of thioether (sulfide) groups is 1. The Kier molecular flexibility index (Phi) is 9.79. The highest BCUT2D eigenvalue weighted by atomic mass is 32.2. The normalized spacial score (nSPS) is 10.8. The van der Waals surface area contributed by atoms with Crippen LogP contribution in [0.25, 0.3) is 20.8 Å². The third-order valence-electron chi connectivity index (χ3n) is 5.15. The molecule has 1 aromatic carbocycles. The molecule has 37 heavy (non-hydrogen) atoms. The van der Waals surface area contributed by atoms with Crippen molar-refractivity contribution in [1.82, 2.24) is 19.9 Å². The Morgan fingerprint density at radius 3 is 2.35 bits per heavy atom. The first-order chi connectivity index (χ1) is 17.6. The van der Waals surface area contributed by atoms with Crippen LogP contribution in [0.1, 0.15) is 38.1 Å². The summed E-state index contributed by atoms with van der Waals surface area (Å²) in [6, 6.07) is 9.51. The van der Waals surface area contributed by atoms with Gasteiger partial charge in [-0.25, -0.2) is 9.78 Å². The summed E-state index contributed by atoms with van der Waals surface area (Å²) in [7, 11) is 1.34. The molecule has 0 amide bonds. The summed E-state index contributed by atoms with van der Waals surface area (Å²) < 4.78 is 6.55. The molecular formula is C26H30N6O2S3. The molecule has 0 radical (unpaired) electrons. The Morgan fingerprint density at radius 1 is 1.05 bits per heavy atom. The number of thiocarbonyl (C=S) groups is 1. The van der Waals surface area contributed by atoms with Crippen molar-refractivity contribution in [3.05, 3.63) is 60.7 Å². The number of rotatable bonds is 5. The molecule has 4 N–H and O–H groups in total. The average Bonchev–Trinajstić information content (AvgIpc) is 3.29. The van der Waals surface area contributed by atoms with Crippen LogP contribution in [0.2, 0.25) is 0 Å². The number of nitrogens with two attached hydrogens (primary N) is 2. The molecule has 0 saturated heterocycles. The van der Waals surface area contributed by atoms with Gasteiger partial charge in [-0.1, -0.05) is 24.0 Å². The van der Waals surface area contributed by atoms with Crippen LogP contribution in [0.5, 0.6) is 0 Å². The third kappa shape index (κ3) is 7.37. The van der Waals surface area contributed by atoms with Crippen molar-refractivity contribution in [2.45, 2.75) is 44.7 Å². The van der Waals surface area contributed by atoms with Gasteiger partial charge in [-0.15, -0.1) is 11.3 Å². The lowest BCUT2D eigenvalue weighted by atomic mass is 10.1. The van der Waals surface area contributed by atoms with Gasteiger partial charge in [0.1, 0.15) is 9.33 Å². The molecule has 194 valence electrons. The number of nitrogen functional groups attached to an aromatic ring is 2. The second-order valence-electron chi connectivity index (χ2n) is 8.57. The summed E-state index contributed by atoms with van der Waals surface area (Å²) >= 11 is 8.49. The monoisotopic (exact) mass is 554 g/mol. The lowest BCUT2D eigenvalue weighted by Gasteiger charge is -2.32. The zero-order chi connectivity index (χ0) is 27.1. The standard InChI is InChI=1S/C14H11N3O2S.C12H19N3S2/c1-19-14(18)9-4-8(5-10(15)6-9)13-17-11-2-3-16-7-12(11)20-13;1-8(2)15(9(3)4)12(16)17-11-7-14-6-5-10(11)13/h2-7H,15H2,1H3;5-9H,1-4H3,(H2,13,14). The van der Waals surface area contributed by atoms with Crippen LogP contribution < -0.4 is 11.5 Å². The van der Waals surface area contributed by atoms with Crippen molar-refractivity contribution >= 4 is 67.2 Å². The quantitative estimate of drug-likeness (QED) is 0.134. The third-order valence-corrected chi connectivity index (χ3v) is 7.61. The van der Waals surface area contributed by atoms with Crippen LogP contribution in [0, 0.1) is 0 Å². The van der Waals surface area contributed by atoms with Gasteiger partial charge in [-0.05, 0) is 58.0 Å². The first-order valence-electron chi connectivity index (χ1n) is 11.5. The predicted octanol–water partition coefficient (Wildman–Crippen LogP) is 5.89. The van der Waals surface area contributed by atoms with Gasteiger partial charge in [0.05, 0.1) is 27.8 Å². The zero-order valence-electron chi connectivity index (χ0n) is 21.3. The second-order valence-corrected chi connectivity index (χ2v) is 11.3. The molecule has 0 saturated carbocycles. The van der Waals surface area contributed by atoms with E-state index in [0.29, 0.717) is 23.3 Å². The van der Waals surface area contributed by atoms with Gasteiger partial charge < -0.3 is 21.1 Å². The number of nitrogens with zero attached hydrogens (tertiary/aromatic N) is 4. The highest BCUT2D eigenvalue weighted by Gasteiger charge is 2.18. The van der Waals surface area contributed by atoms with Crippen molar-refractivity contribution in [2.75, 3.05) is 18.6 Å². The maximum absolute atomic E-state index is 11.6. The average molecular weight is 555 g/mol. The first kappa shape index (κ1) is 28.3. The number of anilines is 2. The number of ether oxygens (including phenoxy) is 1. The van der Waals surface area contributed by atoms with E-state index in [9.17, 15) is 4.79 Å². The summed E-state index contributed by atoms with van der Waals surface area (Å²) in [5.41, 5.74) is 15.0. The zero-order valence-corrected chi connectivity index (χ0v) is 23.8. The molecular weight excluding hydrogens is 525 g/mol. The van der Waals surface area contributed by atoms with Crippen LogP contribution in [0.15, 0.2) is 60.0 Å².